The van der Waals surface area contributed by atoms with Crippen LogP contribution in [0.1, 0.15) is 11.1 Å². The van der Waals surface area contributed by atoms with Gasteiger partial charge in [-0.2, -0.15) is 5.10 Å². The van der Waals surface area contributed by atoms with Crippen LogP contribution < -0.4 is 14.9 Å². The molecule has 1 aliphatic rings. The molecule has 3 rings (SSSR count). The summed E-state index contributed by atoms with van der Waals surface area (Å²) >= 11 is 4.98. The van der Waals surface area contributed by atoms with Crippen LogP contribution in [0.2, 0.25) is 0 Å². The Kier molecular flexibility index (Phi) is 6.36. The van der Waals surface area contributed by atoms with Crippen molar-refractivity contribution in [1.82, 2.24) is 5.43 Å². The highest BCUT2D eigenvalue weighted by Gasteiger charge is 2.14. The van der Waals surface area contributed by atoms with Crippen molar-refractivity contribution in [2.75, 3.05) is 19.0 Å². The van der Waals surface area contributed by atoms with Crippen molar-refractivity contribution in [3.05, 3.63) is 58.1 Å². The molecule has 0 atom stereocenters. The molecule has 0 aromatic heterocycles. The van der Waals surface area contributed by atoms with Gasteiger partial charge in [0.1, 0.15) is 13.2 Å². The number of benzene rings is 2. The predicted octanol–water partition coefficient (Wildman–Crippen LogP) is 3.60. The molecule has 2 aromatic carbocycles. The lowest BCUT2D eigenvalue weighted by Gasteiger charge is -2.19. The molecule has 25 heavy (non-hydrogen) atoms. The molecule has 1 N–H and O–H groups in total. The first-order valence-corrected chi connectivity index (χ1v) is 9.70. The largest absolute Gasteiger partial charge is 0.486 e. The number of amides is 1. The van der Waals surface area contributed by atoms with Crippen molar-refractivity contribution in [3.8, 4) is 11.5 Å². The second-order valence-electron chi connectivity index (χ2n) is 5.29. The number of hydrazone groups is 1. The fraction of sp³-hybridized carbons (Fsp3) is 0.222. The topological polar surface area (TPSA) is 59.9 Å². The monoisotopic (exact) mass is 420 g/mol. The number of halogens is 1. The van der Waals surface area contributed by atoms with Crippen LogP contribution in [-0.2, 0) is 10.5 Å². The number of para-hydroxylation sites is 1. The number of carbonyl (C=O) groups excluding carboxylic acids is 1. The molecule has 0 saturated heterocycles. The lowest BCUT2D eigenvalue weighted by atomic mass is 10.2. The van der Waals surface area contributed by atoms with Crippen LogP contribution in [0.4, 0.5) is 0 Å². The minimum absolute atomic E-state index is 0.141. The summed E-state index contributed by atoms with van der Waals surface area (Å²) in [6.45, 7) is 1.05. The summed E-state index contributed by atoms with van der Waals surface area (Å²) in [6.07, 6.45) is 1.57. The molecule has 1 aliphatic heterocycles. The second-order valence-corrected chi connectivity index (χ2v) is 7.19. The molecule has 1 heterocycles. The molecule has 0 aliphatic carbocycles. The molecule has 7 heteroatoms. The van der Waals surface area contributed by atoms with Gasteiger partial charge in [0.05, 0.1) is 12.0 Å². The average Bonchev–Trinajstić information content (AvgIpc) is 2.62. The first-order valence-electron chi connectivity index (χ1n) is 7.75. The number of nitrogens with zero attached hydrogens (tertiary/aromatic N) is 1. The number of nitrogens with one attached hydrogen (secondary N) is 1. The van der Waals surface area contributed by atoms with Crippen molar-refractivity contribution in [1.29, 1.82) is 0 Å². The Labute approximate surface area is 158 Å². The van der Waals surface area contributed by atoms with E-state index in [-0.39, 0.29) is 5.91 Å². The third kappa shape index (κ3) is 5.24. The SMILES string of the molecule is O=C(CSCc1cccc(Br)c1)N/N=C\c1cccc2c1OCCO2. The maximum absolute atomic E-state index is 11.9. The van der Waals surface area contributed by atoms with Crippen LogP contribution in [0.25, 0.3) is 0 Å². The Hall–Kier alpha value is -1.99. The number of hydrogen-bond acceptors (Lipinski definition) is 5. The fourth-order valence-electron chi connectivity index (χ4n) is 2.29. The van der Waals surface area contributed by atoms with Crippen LogP contribution in [0.5, 0.6) is 11.5 Å². The van der Waals surface area contributed by atoms with E-state index in [1.807, 2.05) is 42.5 Å². The maximum atomic E-state index is 11.9. The summed E-state index contributed by atoms with van der Waals surface area (Å²) in [7, 11) is 0. The van der Waals surface area contributed by atoms with Gasteiger partial charge >= 0.3 is 0 Å². The van der Waals surface area contributed by atoms with Gasteiger partial charge in [0.25, 0.3) is 0 Å². The van der Waals surface area contributed by atoms with E-state index in [9.17, 15) is 4.79 Å². The first kappa shape index (κ1) is 17.8. The highest BCUT2D eigenvalue weighted by molar-refractivity contribution is 9.10. The molecule has 0 radical (unpaired) electrons. The molecule has 2 aromatic rings. The zero-order chi connectivity index (χ0) is 17.5. The zero-order valence-corrected chi connectivity index (χ0v) is 15.8. The van der Waals surface area contributed by atoms with Gasteiger partial charge in [-0.05, 0) is 29.8 Å². The molecule has 0 unspecified atom stereocenters. The summed E-state index contributed by atoms with van der Waals surface area (Å²) < 4.78 is 12.2. The van der Waals surface area contributed by atoms with Gasteiger partial charge in [0.15, 0.2) is 11.5 Å². The average molecular weight is 421 g/mol. The quantitative estimate of drug-likeness (QED) is 0.572. The van der Waals surface area contributed by atoms with Gasteiger partial charge in [-0.15, -0.1) is 11.8 Å². The van der Waals surface area contributed by atoms with E-state index in [0.29, 0.717) is 30.5 Å². The van der Waals surface area contributed by atoms with E-state index in [1.54, 1.807) is 18.0 Å². The summed E-state index contributed by atoms with van der Waals surface area (Å²) in [4.78, 5) is 11.9. The van der Waals surface area contributed by atoms with E-state index >= 15 is 0 Å². The number of carbonyl (C=O) groups is 1. The van der Waals surface area contributed by atoms with E-state index in [1.165, 1.54) is 5.56 Å². The Morgan fingerprint density at radius 1 is 1.24 bits per heavy atom. The summed E-state index contributed by atoms with van der Waals surface area (Å²) in [6, 6.07) is 13.6. The van der Waals surface area contributed by atoms with Crippen LogP contribution in [-0.4, -0.2) is 31.1 Å². The molecular weight excluding hydrogens is 404 g/mol. The Balaban J connectivity index is 1.47. The van der Waals surface area contributed by atoms with Crippen molar-refractivity contribution >= 4 is 39.8 Å². The maximum Gasteiger partial charge on any atom is 0.250 e. The lowest BCUT2D eigenvalue weighted by molar-refractivity contribution is -0.118. The molecule has 0 saturated carbocycles. The minimum Gasteiger partial charge on any atom is -0.486 e. The van der Waals surface area contributed by atoms with Gasteiger partial charge in [-0.1, -0.05) is 34.1 Å². The van der Waals surface area contributed by atoms with Crippen LogP contribution in [0.15, 0.2) is 52.0 Å². The first-order chi connectivity index (χ1) is 12.2. The number of ether oxygens (including phenoxy) is 2. The smallest absolute Gasteiger partial charge is 0.250 e. The van der Waals surface area contributed by atoms with Gasteiger partial charge < -0.3 is 9.47 Å². The summed E-state index contributed by atoms with van der Waals surface area (Å²) in [5, 5.41) is 4.01. The van der Waals surface area contributed by atoms with E-state index in [2.05, 4.69) is 26.5 Å². The normalized spacial score (nSPS) is 13.0. The third-order valence-corrected chi connectivity index (χ3v) is 4.88. The molecule has 0 spiro atoms. The number of hydrogen-bond donors (Lipinski definition) is 1. The Bertz CT molecular complexity index is 783. The van der Waals surface area contributed by atoms with E-state index < -0.39 is 0 Å². The predicted molar refractivity (Wildman–Crippen MR) is 103 cm³/mol. The molecule has 0 bridgehead atoms. The third-order valence-electron chi connectivity index (χ3n) is 3.38. The van der Waals surface area contributed by atoms with Gasteiger partial charge in [-0.3, -0.25) is 4.79 Å². The lowest BCUT2D eigenvalue weighted by Crippen LogP contribution is -2.20. The number of thioether (sulfide) groups is 1. The van der Waals surface area contributed by atoms with Crippen molar-refractivity contribution in [2.45, 2.75) is 5.75 Å². The molecule has 0 fully saturated rings. The standard InChI is InChI=1S/C18H17BrN2O3S/c19-15-5-1-3-13(9-15)11-25-12-17(22)21-20-10-14-4-2-6-16-18(14)24-8-7-23-16/h1-6,9-10H,7-8,11-12H2,(H,21,22)/b20-10-. The minimum atomic E-state index is -0.141. The highest BCUT2D eigenvalue weighted by atomic mass is 79.9. The van der Waals surface area contributed by atoms with Gasteiger partial charge in [-0.25, -0.2) is 5.43 Å². The fourth-order valence-corrected chi connectivity index (χ4v) is 3.51. The van der Waals surface area contributed by atoms with E-state index in [4.69, 9.17) is 9.47 Å². The van der Waals surface area contributed by atoms with Crippen LogP contribution in [0, 0.1) is 0 Å². The molecular formula is C18H17BrN2O3S. The Morgan fingerprint density at radius 3 is 2.96 bits per heavy atom. The van der Waals surface area contributed by atoms with Crippen LogP contribution >= 0.6 is 27.7 Å². The Morgan fingerprint density at radius 2 is 2.08 bits per heavy atom. The van der Waals surface area contributed by atoms with Crippen LogP contribution in [0.3, 0.4) is 0 Å². The van der Waals surface area contributed by atoms with Crippen molar-refractivity contribution < 1.29 is 14.3 Å². The van der Waals surface area contributed by atoms with Gasteiger partial charge in [0.2, 0.25) is 5.91 Å². The number of fused-ring (bicyclic) bond motifs is 1. The zero-order valence-electron chi connectivity index (χ0n) is 13.4. The second kappa shape index (κ2) is 8.92. The van der Waals surface area contributed by atoms with Crippen molar-refractivity contribution in [2.24, 2.45) is 5.10 Å². The molecule has 1 amide bonds. The molecule has 5 nitrogen and oxygen atoms in total. The number of rotatable bonds is 6. The van der Waals surface area contributed by atoms with Gasteiger partial charge in [0, 0.05) is 15.8 Å². The molecule has 130 valence electrons. The summed E-state index contributed by atoms with van der Waals surface area (Å²) in [5.41, 5.74) is 4.49. The van der Waals surface area contributed by atoms with Crippen molar-refractivity contribution in [3.63, 3.8) is 0 Å². The summed E-state index contributed by atoms with van der Waals surface area (Å²) in [5.74, 6) is 2.34. The highest BCUT2D eigenvalue weighted by Crippen LogP contribution is 2.32. The van der Waals surface area contributed by atoms with E-state index in [0.717, 1.165) is 15.8 Å².